The van der Waals surface area contributed by atoms with Gasteiger partial charge < -0.3 is 23.5 Å². The van der Waals surface area contributed by atoms with E-state index in [2.05, 4.69) is 9.97 Å². The highest BCUT2D eigenvalue weighted by Gasteiger charge is 2.25. The first kappa shape index (κ1) is 30.5. The fourth-order valence-electron chi connectivity index (χ4n) is 4.94. The van der Waals surface area contributed by atoms with Gasteiger partial charge in [0.05, 0.1) is 48.2 Å². The molecule has 0 aliphatic carbocycles. The minimum absolute atomic E-state index is 0.0147. The van der Waals surface area contributed by atoms with E-state index in [0.717, 1.165) is 30.7 Å². The molecule has 13 heteroatoms. The fraction of sp³-hybridized carbons (Fsp3) is 0.212. The van der Waals surface area contributed by atoms with Gasteiger partial charge in [-0.1, -0.05) is 6.07 Å². The van der Waals surface area contributed by atoms with Crippen LogP contribution >= 0.6 is 0 Å². The number of aromatic nitrogens is 3. The largest absolute Gasteiger partial charge is 0.484 e. The highest BCUT2D eigenvalue weighted by molar-refractivity contribution is 5.94. The molecule has 0 radical (unpaired) electrons. The Bertz CT molecular complexity index is 2000. The molecule has 3 heterocycles. The summed E-state index contributed by atoms with van der Waals surface area (Å²) in [7, 11) is 1.18. The number of carbonyl (C=O) groups excluding carboxylic acids is 1. The third-order valence-corrected chi connectivity index (χ3v) is 7.37. The molecule has 234 valence electrons. The number of carbonyl (C=O) groups is 1. The van der Waals surface area contributed by atoms with Gasteiger partial charge in [0.15, 0.2) is 29.0 Å². The highest BCUT2D eigenvalue weighted by atomic mass is 19.1. The number of ether oxygens (including phenoxy) is 4. The number of fused-ring (bicyclic) bond motifs is 1. The Balaban J connectivity index is 1.22. The maximum absolute atomic E-state index is 15.4. The molecule has 6 rings (SSSR count). The molecule has 9 nitrogen and oxygen atoms in total. The summed E-state index contributed by atoms with van der Waals surface area (Å²) in [5, 5.41) is 8.88. The lowest BCUT2D eigenvalue weighted by Crippen LogP contribution is -2.31. The van der Waals surface area contributed by atoms with Crippen molar-refractivity contribution >= 4 is 17.0 Å². The van der Waals surface area contributed by atoms with E-state index in [1.165, 1.54) is 31.4 Å². The van der Waals surface area contributed by atoms with Crippen LogP contribution in [0.3, 0.4) is 0 Å². The number of imidazole rings is 1. The van der Waals surface area contributed by atoms with Crippen molar-refractivity contribution in [3.8, 4) is 23.4 Å². The maximum atomic E-state index is 15.4. The average Bonchev–Trinajstić information content (AvgIpc) is 3.37. The summed E-state index contributed by atoms with van der Waals surface area (Å²) in [4.78, 5) is 20.7. The standard InChI is InChI=1S/C33H24F4N4O5/c1-43-33(42)20-11-26(37)32-27(12-20)41(16-22-7-8-44-22)30(40-32)13-19-10-25(36)29(14-23(19)34)46-31-4-2-3-21(39-31)17-45-28-6-5-18(15-38)9-24(28)35/h2-6,9-12,14,22H,7-8,13,16-17H2,1H3/t22-/m0/s1. The predicted molar refractivity (Wildman–Crippen MR) is 154 cm³/mol. The van der Waals surface area contributed by atoms with Crippen molar-refractivity contribution in [1.82, 2.24) is 14.5 Å². The van der Waals surface area contributed by atoms with Gasteiger partial charge in [0.2, 0.25) is 5.88 Å². The van der Waals surface area contributed by atoms with Gasteiger partial charge in [0.1, 0.15) is 23.8 Å². The molecule has 3 aromatic carbocycles. The minimum atomic E-state index is -0.886. The Morgan fingerprint density at radius 1 is 1.00 bits per heavy atom. The van der Waals surface area contributed by atoms with Crippen LogP contribution in [0.4, 0.5) is 17.6 Å². The van der Waals surface area contributed by atoms with Crippen LogP contribution in [-0.4, -0.2) is 40.3 Å². The van der Waals surface area contributed by atoms with Gasteiger partial charge in [-0.2, -0.15) is 5.26 Å². The Morgan fingerprint density at radius 3 is 2.52 bits per heavy atom. The third kappa shape index (κ3) is 6.33. The molecule has 0 bridgehead atoms. The van der Waals surface area contributed by atoms with Crippen molar-refractivity contribution in [3.05, 3.63) is 112 Å². The van der Waals surface area contributed by atoms with Gasteiger partial charge in [0, 0.05) is 25.2 Å². The van der Waals surface area contributed by atoms with E-state index in [-0.39, 0.29) is 65.3 Å². The van der Waals surface area contributed by atoms with Gasteiger partial charge >= 0.3 is 5.97 Å². The lowest BCUT2D eigenvalue weighted by molar-refractivity contribution is -0.0589. The first-order chi connectivity index (χ1) is 22.2. The van der Waals surface area contributed by atoms with Crippen molar-refractivity contribution in [1.29, 1.82) is 5.26 Å². The first-order valence-corrected chi connectivity index (χ1v) is 14.0. The van der Waals surface area contributed by atoms with Gasteiger partial charge in [-0.3, -0.25) is 0 Å². The van der Waals surface area contributed by atoms with Crippen LogP contribution < -0.4 is 9.47 Å². The van der Waals surface area contributed by atoms with E-state index >= 15 is 13.2 Å². The summed E-state index contributed by atoms with van der Waals surface area (Å²) in [5.41, 5.74) is 0.644. The molecule has 0 saturated carbocycles. The van der Waals surface area contributed by atoms with Crippen molar-refractivity contribution in [3.63, 3.8) is 0 Å². The predicted octanol–water partition coefficient (Wildman–Crippen LogP) is 6.40. The number of hydrogen-bond donors (Lipinski definition) is 0. The lowest BCUT2D eigenvalue weighted by atomic mass is 10.1. The number of nitrogens with zero attached hydrogens (tertiary/aromatic N) is 4. The molecule has 0 unspecified atom stereocenters. The molecule has 0 amide bonds. The van der Waals surface area contributed by atoms with Crippen molar-refractivity contribution < 1.29 is 41.3 Å². The summed E-state index contributed by atoms with van der Waals surface area (Å²) >= 11 is 0. The number of esters is 1. The topological polar surface area (TPSA) is 108 Å². The number of hydrogen-bond acceptors (Lipinski definition) is 8. The molecule has 1 aliphatic heterocycles. The highest BCUT2D eigenvalue weighted by Crippen LogP contribution is 2.30. The van der Waals surface area contributed by atoms with Crippen LogP contribution in [0.1, 0.15) is 39.4 Å². The summed E-state index contributed by atoms with van der Waals surface area (Å²) < 4.78 is 82.7. The average molecular weight is 633 g/mol. The van der Waals surface area contributed by atoms with Crippen LogP contribution in [0.5, 0.6) is 17.4 Å². The van der Waals surface area contributed by atoms with E-state index in [4.69, 9.17) is 24.2 Å². The zero-order chi connectivity index (χ0) is 32.4. The van der Waals surface area contributed by atoms with Crippen molar-refractivity contribution in [2.75, 3.05) is 13.7 Å². The fourth-order valence-corrected chi connectivity index (χ4v) is 4.94. The molecule has 0 spiro atoms. The number of methoxy groups -OCH3 is 1. The second-order valence-electron chi connectivity index (χ2n) is 10.4. The quantitative estimate of drug-likeness (QED) is 0.129. The van der Waals surface area contributed by atoms with Gasteiger partial charge in [-0.25, -0.2) is 32.3 Å². The van der Waals surface area contributed by atoms with E-state index < -0.39 is 35.0 Å². The van der Waals surface area contributed by atoms with Crippen LogP contribution in [0.15, 0.2) is 60.7 Å². The summed E-state index contributed by atoms with van der Waals surface area (Å²) in [5.74, 6) is -4.24. The molecule has 1 aliphatic rings. The molecular formula is C33H24F4N4O5. The zero-order valence-electron chi connectivity index (χ0n) is 24.2. The number of benzene rings is 3. The van der Waals surface area contributed by atoms with Crippen molar-refractivity contribution in [2.24, 2.45) is 0 Å². The Morgan fingerprint density at radius 2 is 1.80 bits per heavy atom. The number of pyridine rings is 1. The molecule has 0 N–H and O–H groups in total. The lowest BCUT2D eigenvalue weighted by Gasteiger charge is -2.27. The summed E-state index contributed by atoms with van der Waals surface area (Å²) in [6, 6.07) is 14.5. The smallest absolute Gasteiger partial charge is 0.338 e. The molecule has 46 heavy (non-hydrogen) atoms. The third-order valence-electron chi connectivity index (χ3n) is 7.37. The number of nitriles is 1. The maximum Gasteiger partial charge on any atom is 0.338 e. The van der Waals surface area contributed by atoms with Gasteiger partial charge in [0.25, 0.3) is 0 Å². The molecular weight excluding hydrogens is 608 g/mol. The molecule has 2 aromatic heterocycles. The van der Waals surface area contributed by atoms with E-state index in [1.54, 1.807) is 16.7 Å². The normalized spacial score (nSPS) is 14.0. The van der Waals surface area contributed by atoms with Crippen LogP contribution in [0.25, 0.3) is 11.0 Å². The second kappa shape index (κ2) is 12.9. The first-order valence-electron chi connectivity index (χ1n) is 14.0. The van der Waals surface area contributed by atoms with Crippen molar-refractivity contribution in [2.45, 2.75) is 32.1 Å². The summed E-state index contributed by atoms with van der Waals surface area (Å²) in [6.45, 7) is 0.672. The second-order valence-corrected chi connectivity index (χ2v) is 10.4. The van der Waals surface area contributed by atoms with Gasteiger partial charge in [-0.05, 0) is 54.4 Å². The number of halogens is 4. The Labute approximate surface area is 259 Å². The van der Waals surface area contributed by atoms with E-state index in [0.29, 0.717) is 17.8 Å². The van der Waals surface area contributed by atoms with Gasteiger partial charge in [-0.15, -0.1) is 0 Å². The molecule has 1 fully saturated rings. The minimum Gasteiger partial charge on any atom is -0.484 e. The molecule has 1 atom stereocenters. The van der Waals surface area contributed by atoms with Crippen LogP contribution in [-0.2, 0) is 29.0 Å². The zero-order valence-corrected chi connectivity index (χ0v) is 24.2. The van der Waals surface area contributed by atoms with Crippen LogP contribution in [0, 0.1) is 34.6 Å². The Kier molecular flexibility index (Phi) is 8.54. The van der Waals surface area contributed by atoms with Crippen LogP contribution in [0.2, 0.25) is 0 Å². The SMILES string of the molecule is COC(=O)c1cc(F)c2nc(Cc3cc(F)c(Oc4cccc(COc5ccc(C#N)cc5F)n4)cc3F)n(C[C@@H]3CCO3)c2c1. The molecule has 5 aromatic rings. The monoisotopic (exact) mass is 632 g/mol. The molecule has 1 saturated heterocycles. The number of rotatable bonds is 10. The summed E-state index contributed by atoms with van der Waals surface area (Å²) in [6.07, 6.45) is 0.366. The van der Waals surface area contributed by atoms with E-state index in [9.17, 15) is 9.18 Å². The van der Waals surface area contributed by atoms with E-state index in [1.807, 2.05) is 6.07 Å². The Hall–Kier alpha value is -5.48.